The lowest BCUT2D eigenvalue weighted by atomic mass is 9.97. The van der Waals surface area contributed by atoms with Crippen molar-refractivity contribution in [1.82, 2.24) is 10.6 Å². The second-order valence-corrected chi connectivity index (χ2v) is 4.69. The lowest BCUT2D eigenvalue weighted by molar-refractivity contribution is -0.142. The van der Waals surface area contributed by atoms with E-state index >= 15 is 0 Å². The van der Waals surface area contributed by atoms with Gasteiger partial charge in [-0.05, 0) is 12.3 Å². The van der Waals surface area contributed by atoms with Crippen LogP contribution < -0.4 is 10.6 Å². The second-order valence-electron chi connectivity index (χ2n) is 4.69. The van der Waals surface area contributed by atoms with E-state index in [9.17, 15) is 22.8 Å². The lowest BCUT2D eigenvalue weighted by Gasteiger charge is -2.15. The van der Waals surface area contributed by atoms with Crippen LogP contribution in [0.1, 0.15) is 20.3 Å². The molecule has 0 rings (SSSR count). The van der Waals surface area contributed by atoms with Crippen molar-refractivity contribution in [3.63, 3.8) is 0 Å². The number of carboxylic acid groups (broad SMARTS) is 1. The second kappa shape index (κ2) is 7.98. The molecule has 0 aromatic rings. The number of carbonyl (C=O) groups is 2. The van der Waals surface area contributed by atoms with Gasteiger partial charge in [-0.1, -0.05) is 13.8 Å². The smallest absolute Gasteiger partial charge is 0.401 e. The van der Waals surface area contributed by atoms with Crippen molar-refractivity contribution >= 4 is 11.9 Å². The maximum absolute atomic E-state index is 11.8. The minimum absolute atomic E-state index is 0.0833. The Morgan fingerprint density at radius 2 is 1.84 bits per heavy atom. The number of hydrogen-bond donors (Lipinski definition) is 3. The molecule has 19 heavy (non-hydrogen) atoms. The van der Waals surface area contributed by atoms with Gasteiger partial charge in [-0.15, -0.1) is 0 Å². The standard InChI is InChI=1S/C11H19F3N2O3/c1-7(2)3-8(10(18)19)4-16-9(17)5-15-6-11(12,13)14/h7-8,15H,3-6H2,1-2H3,(H,16,17)(H,18,19). The summed E-state index contributed by atoms with van der Waals surface area (Å²) in [7, 11) is 0. The molecule has 0 aliphatic rings. The van der Waals surface area contributed by atoms with E-state index in [0.717, 1.165) is 0 Å². The summed E-state index contributed by atoms with van der Waals surface area (Å²) >= 11 is 0. The predicted molar refractivity (Wildman–Crippen MR) is 62.5 cm³/mol. The highest BCUT2D eigenvalue weighted by Crippen LogP contribution is 2.12. The SMILES string of the molecule is CC(C)CC(CNC(=O)CNCC(F)(F)F)C(=O)O. The Hall–Kier alpha value is -1.31. The van der Waals surface area contributed by atoms with Crippen LogP contribution in [0.15, 0.2) is 0 Å². The highest BCUT2D eigenvalue weighted by Gasteiger charge is 2.26. The van der Waals surface area contributed by atoms with E-state index < -0.39 is 37.1 Å². The number of carboxylic acids is 1. The summed E-state index contributed by atoms with van der Waals surface area (Å²) in [6.45, 7) is 1.87. The largest absolute Gasteiger partial charge is 0.481 e. The van der Waals surface area contributed by atoms with Gasteiger partial charge in [0.15, 0.2) is 0 Å². The molecule has 0 heterocycles. The first-order valence-electron chi connectivity index (χ1n) is 5.88. The molecule has 0 spiro atoms. The number of hydrogen-bond acceptors (Lipinski definition) is 3. The molecule has 0 aliphatic heterocycles. The molecule has 0 radical (unpaired) electrons. The zero-order valence-corrected chi connectivity index (χ0v) is 10.9. The molecule has 0 aromatic heterocycles. The van der Waals surface area contributed by atoms with Gasteiger partial charge < -0.3 is 15.7 Å². The number of amides is 1. The Kier molecular flexibility index (Phi) is 7.43. The molecular weight excluding hydrogens is 265 g/mol. The van der Waals surface area contributed by atoms with Crippen LogP contribution in [0.3, 0.4) is 0 Å². The average Bonchev–Trinajstić information content (AvgIpc) is 2.21. The molecule has 1 unspecified atom stereocenters. The minimum atomic E-state index is -4.37. The quantitative estimate of drug-likeness (QED) is 0.621. The number of halogens is 3. The first-order chi connectivity index (χ1) is 8.61. The normalized spacial score (nSPS) is 13.4. The van der Waals surface area contributed by atoms with Crippen molar-refractivity contribution in [3.8, 4) is 0 Å². The van der Waals surface area contributed by atoms with Crippen LogP contribution in [0.4, 0.5) is 13.2 Å². The van der Waals surface area contributed by atoms with E-state index in [4.69, 9.17) is 5.11 Å². The Bertz CT molecular complexity index is 306. The van der Waals surface area contributed by atoms with Gasteiger partial charge in [0.25, 0.3) is 0 Å². The monoisotopic (exact) mass is 284 g/mol. The van der Waals surface area contributed by atoms with Gasteiger partial charge in [-0.25, -0.2) is 0 Å². The Morgan fingerprint density at radius 1 is 1.26 bits per heavy atom. The summed E-state index contributed by atoms with van der Waals surface area (Å²) in [5.74, 6) is -2.26. The van der Waals surface area contributed by atoms with Crippen molar-refractivity contribution < 1.29 is 27.9 Å². The Morgan fingerprint density at radius 3 is 2.26 bits per heavy atom. The van der Waals surface area contributed by atoms with E-state index in [-0.39, 0.29) is 12.5 Å². The highest BCUT2D eigenvalue weighted by molar-refractivity contribution is 5.79. The predicted octanol–water partition coefficient (Wildman–Crippen LogP) is 1.00. The topological polar surface area (TPSA) is 78.4 Å². The summed E-state index contributed by atoms with van der Waals surface area (Å²) in [5.41, 5.74) is 0. The van der Waals surface area contributed by atoms with Crippen molar-refractivity contribution in [2.24, 2.45) is 11.8 Å². The molecule has 1 atom stereocenters. The van der Waals surface area contributed by atoms with Gasteiger partial charge in [0, 0.05) is 6.54 Å². The molecule has 0 saturated carbocycles. The van der Waals surface area contributed by atoms with Crippen LogP contribution in [-0.2, 0) is 9.59 Å². The fourth-order valence-corrected chi connectivity index (χ4v) is 1.46. The van der Waals surface area contributed by atoms with Crippen molar-refractivity contribution in [2.45, 2.75) is 26.4 Å². The molecule has 5 nitrogen and oxygen atoms in total. The third-order valence-electron chi connectivity index (χ3n) is 2.26. The van der Waals surface area contributed by atoms with Crippen molar-refractivity contribution in [1.29, 1.82) is 0 Å². The van der Waals surface area contributed by atoms with Crippen LogP contribution in [0.25, 0.3) is 0 Å². The van der Waals surface area contributed by atoms with E-state index in [1.807, 2.05) is 19.2 Å². The third-order valence-corrected chi connectivity index (χ3v) is 2.26. The molecule has 0 fully saturated rings. The molecule has 0 bridgehead atoms. The van der Waals surface area contributed by atoms with Gasteiger partial charge >= 0.3 is 12.1 Å². The third kappa shape index (κ3) is 10.3. The van der Waals surface area contributed by atoms with Crippen LogP contribution in [0, 0.1) is 11.8 Å². The molecular formula is C11H19F3N2O3. The zero-order valence-electron chi connectivity index (χ0n) is 10.9. The van der Waals surface area contributed by atoms with Crippen molar-refractivity contribution in [3.05, 3.63) is 0 Å². The molecule has 3 N–H and O–H groups in total. The number of carbonyl (C=O) groups excluding carboxylic acids is 1. The zero-order chi connectivity index (χ0) is 15.1. The van der Waals surface area contributed by atoms with E-state index in [2.05, 4.69) is 5.32 Å². The number of aliphatic carboxylic acids is 1. The fraction of sp³-hybridized carbons (Fsp3) is 0.818. The number of rotatable bonds is 8. The molecule has 0 aromatic carbocycles. The van der Waals surface area contributed by atoms with E-state index in [1.165, 1.54) is 0 Å². The number of nitrogens with one attached hydrogen (secondary N) is 2. The maximum Gasteiger partial charge on any atom is 0.401 e. The molecule has 8 heteroatoms. The summed E-state index contributed by atoms with van der Waals surface area (Å²) < 4.78 is 35.4. The van der Waals surface area contributed by atoms with Crippen LogP contribution in [-0.4, -0.2) is 42.8 Å². The van der Waals surface area contributed by atoms with Gasteiger partial charge in [-0.2, -0.15) is 13.2 Å². The summed E-state index contributed by atoms with van der Waals surface area (Å²) in [6.07, 6.45) is -3.98. The van der Waals surface area contributed by atoms with Crippen LogP contribution in [0.5, 0.6) is 0 Å². The van der Waals surface area contributed by atoms with E-state index in [0.29, 0.717) is 6.42 Å². The Labute approximate surface area is 109 Å². The first kappa shape index (κ1) is 17.7. The van der Waals surface area contributed by atoms with Gasteiger partial charge in [0.1, 0.15) is 0 Å². The summed E-state index contributed by atoms with van der Waals surface area (Å²) in [5, 5.41) is 13.1. The lowest BCUT2D eigenvalue weighted by Crippen LogP contribution is -2.41. The summed E-state index contributed by atoms with van der Waals surface area (Å²) in [4.78, 5) is 22.1. The fourth-order valence-electron chi connectivity index (χ4n) is 1.46. The first-order valence-corrected chi connectivity index (χ1v) is 5.88. The average molecular weight is 284 g/mol. The van der Waals surface area contributed by atoms with Gasteiger partial charge in [0.05, 0.1) is 19.0 Å². The minimum Gasteiger partial charge on any atom is -0.481 e. The van der Waals surface area contributed by atoms with Crippen LogP contribution >= 0.6 is 0 Å². The molecule has 0 aliphatic carbocycles. The maximum atomic E-state index is 11.8. The van der Waals surface area contributed by atoms with Crippen LogP contribution in [0.2, 0.25) is 0 Å². The van der Waals surface area contributed by atoms with Gasteiger partial charge in [0.2, 0.25) is 5.91 Å². The molecule has 112 valence electrons. The number of alkyl halides is 3. The van der Waals surface area contributed by atoms with Crippen molar-refractivity contribution in [2.75, 3.05) is 19.6 Å². The molecule has 1 amide bonds. The van der Waals surface area contributed by atoms with E-state index in [1.54, 1.807) is 0 Å². The summed E-state index contributed by atoms with van der Waals surface area (Å²) in [6, 6.07) is 0. The Balaban J connectivity index is 3.95. The van der Waals surface area contributed by atoms with Gasteiger partial charge in [-0.3, -0.25) is 9.59 Å². The molecule has 0 saturated heterocycles. The highest BCUT2D eigenvalue weighted by atomic mass is 19.4.